The molecule has 0 radical (unpaired) electrons. The fourth-order valence-electron chi connectivity index (χ4n) is 2.10. The number of halogens is 2. The van der Waals surface area contributed by atoms with Crippen LogP contribution in [-0.4, -0.2) is 12.4 Å². The van der Waals surface area contributed by atoms with Crippen LogP contribution < -0.4 is 0 Å². The fourth-order valence-corrected chi connectivity index (χ4v) is 2.10. The van der Waals surface area contributed by atoms with E-state index in [2.05, 4.69) is 4.99 Å². The second-order valence-corrected chi connectivity index (χ2v) is 4.06. The van der Waals surface area contributed by atoms with Gasteiger partial charge in [0.25, 0.3) is 0 Å². The van der Waals surface area contributed by atoms with E-state index in [1.807, 2.05) is 0 Å². The highest BCUT2D eigenvalue weighted by molar-refractivity contribution is 5.78. The summed E-state index contributed by atoms with van der Waals surface area (Å²) in [6, 6.07) is 1.77. The second-order valence-electron chi connectivity index (χ2n) is 4.06. The molecule has 2 rings (SSSR count). The highest BCUT2D eigenvalue weighted by atomic mass is 19.2. The number of hydrogen-bond acceptors (Lipinski definition) is 3. The zero-order valence-corrected chi connectivity index (χ0v) is 8.87. The highest BCUT2D eigenvalue weighted by Gasteiger charge is 2.41. The molecule has 0 N–H and O–H groups in total. The zero-order chi connectivity index (χ0) is 12.5. The molecule has 1 aromatic rings. The highest BCUT2D eigenvalue weighted by Crippen LogP contribution is 2.46. The van der Waals surface area contributed by atoms with Gasteiger partial charge in [0.2, 0.25) is 6.08 Å². The molecule has 1 aliphatic rings. The summed E-state index contributed by atoms with van der Waals surface area (Å²) in [7, 11) is 0. The van der Waals surface area contributed by atoms with Crippen LogP contribution in [0.25, 0.3) is 0 Å². The average molecular weight is 237 g/mol. The Balaban J connectivity index is 2.61. The Labute approximate surface area is 96.2 Å². The lowest BCUT2D eigenvalue weighted by molar-refractivity contribution is 0.111. The molecule has 0 saturated heterocycles. The smallest absolute Gasteiger partial charge is 0.235 e. The number of rotatable bonds is 3. The van der Waals surface area contributed by atoms with Gasteiger partial charge in [-0.1, -0.05) is 0 Å². The van der Waals surface area contributed by atoms with Crippen molar-refractivity contribution in [3.8, 4) is 0 Å². The number of benzene rings is 1. The van der Waals surface area contributed by atoms with Crippen molar-refractivity contribution < 1.29 is 18.4 Å². The van der Waals surface area contributed by atoms with E-state index in [0.29, 0.717) is 19.1 Å². The molecule has 0 aliphatic heterocycles. The van der Waals surface area contributed by atoms with E-state index < -0.39 is 17.2 Å². The molecule has 0 aromatic heterocycles. The van der Waals surface area contributed by atoms with Crippen molar-refractivity contribution in [3.05, 3.63) is 34.9 Å². The number of nitrogens with zero attached hydrogens (tertiary/aromatic N) is 1. The van der Waals surface area contributed by atoms with E-state index in [1.54, 1.807) is 0 Å². The molecule has 0 amide bonds. The minimum absolute atomic E-state index is 0.0302. The third-order valence-electron chi connectivity index (χ3n) is 3.16. The number of carbonyl (C=O) groups is 1. The number of carbonyl (C=O) groups excluding carboxylic acids is 2. The first-order valence-electron chi connectivity index (χ1n) is 5.17. The summed E-state index contributed by atoms with van der Waals surface area (Å²) in [5.41, 5.74) is -0.601. The normalized spacial score (nSPS) is 16.8. The molecule has 0 spiro atoms. The maximum Gasteiger partial charge on any atom is 0.235 e. The van der Waals surface area contributed by atoms with Gasteiger partial charge in [-0.3, -0.25) is 4.79 Å². The molecule has 0 heterocycles. The lowest BCUT2D eigenvalue weighted by atomic mass is 9.71. The molecule has 1 aromatic carbocycles. The van der Waals surface area contributed by atoms with Crippen molar-refractivity contribution in [1.29, 1.82) is 0 Å². The van der Waals surface area contributed by atoms with Crippen molar-refractivity contribution in [2.45, 2.75) is 24.8 Å². The van der Waals surface area contributed by atoms with Gasteiger partial charge in [0.1, 0.15) is 0 Å². The molecule has 1 fully saturated rings. The van der Waals surface area contributed by atoms with Gasteiger partial charge in [-0.15, -0.1) is 0 Å². The van der Waals surface area contributed by atoms with Gasteiger partial charge in [0.15, 0.2) is 17.9 Å². The average Bonchev–Trinajstić information content (AvgIpc) is 2.27. The Bertz CT molecular complexity index is 517. The van der Waals surface area contributed by atoms with Crippen molar-refractivity contribution in [3.63, 3.8) is 0 Å². The largest absolute Gasteiger partial charge is 0.298 e. The molecule has 0 atom stereocenters. The maximum atomic E-state index is 13.2. The second kappa shape index (κ2) is 4.18. The Hall–Kier alpha value is -1.87. The van der Waals surface area contributed by atoms with Crippen LogP contribution in [0.5, 0.6) is 0 Å². The van der Waals surface area contributed by atoms with Crippen LogP contribution in [0.15, 0.2) is 17.1 Å². The van der Waals surface area contributed by atoms with Gasteiger partial charge < -0.3 is 0 Å². The molecule has 0 unspecified atom stereocenters. The lowest BCUT2D eigenvalue weighted by Gasteiger charge is -2.37. The van der Waals surface area contributed by atoms with Gasteiger partial charge in [-0.25, -0.2) is 13.6 Å². The topological polar surface area (TPSA) is 46.5 Å². The van der Waals surface area contributed by atoms with E-state index in [1.165, 1.54) is 6.08 Å². The van der Waals surface area contributed by atoms with E-state index in [4.69, 9.17) is 0 Å². The third kappa shape index (κ3) is 1.78. The number of aldehydes is 1. The first-order chi connectivity index (χ1) is 8.13. The van der Waals surface area contributed by atoms with Crippen molar-refractivity contribution in [2.75, 3.05) is 0 Å². The van der Waals surface area contributed by atoms with Crippen LogP contribution in [-0.2, 0) is 10.3 Å². The Morgan fingerprint density at radius 3 is 2.41 bits per heavy atom. The van der Waals surface area contributed by atoms with Gasteiger partial charge in [0.05, 0.1) is 5.54 Å². The van der Waals surface area contributed by atoms with Gasteiger partial charge in [-0.05, 0) is 37.0 Å². The number of aliphatic imine (C=N–C) groups is 1. The Morgan fingerprint density at radius 1 is 1.29 bits per heavy atom. The minimum atomic E-state index is -1.08. The zero-order valence-electron chi connectivity index (χ0n) is 8.87. The fraction of sp³-hybridized carbons (Fsp3) is 0.333. The predicted octanol–water partition coefficient (Wildman–Crippen LogP) is 2.49. The van der Waals surface area contributed by atoms with Crippen molar-refractivity contribution in [1.82, 2.24) is 0 Å². The summed E-state index contributed by atoms with van der Waals surface area (Å²) in [4.78, 5) is 24.9. The van der Waals surface area contributed by atoms with Crippen LogP contribution in [0.2, 0.25) is 0 Å². The number of hydrogen-bond donors (Lipinski definition) is 0. The third-order valence-corrected chi connectivity index (χ3v) is 3.16. The molecule has 5 heteroatoms. The maximum absolute atomic E-state index is 13.2. The Morgan fingerprint density at radius 2 is 1.94 bits per heavy atom. The summed E-state index contributed by atoms with van der Waals surface area (Å²) in [6.45, 7) is 0. The summed E-state index contributed by atoms with van der Waals surface area (Å²) >= 11 is 0. The predicted molar refractivity (Wildman–Crippen MR) is 55.4 cm³/mol. The van der Waals surface area contributed by atoms with Crippen LogP contribution in [0.1, 0.15) is 35.2 Å². The standard InChI is InChI=1S/C12H9F2NO2/c13-10-4-8(6-16)9(5-11(10)14)12(15-7-17)2-1-3-12/h4-6H,1-3H2. The van der Waals surface area contributed by atoms with E-state index in [9.17, 15) is 18.4 Å². The first-order valence-corrected chi connectivity index (χ1v) is 5.17. The molecule has 3 nitrogen and oxygen atoms in total. The summed E-state index contributed by atoms with van der Waals surface area (Å²) in [5, 5.41) is 0. The Kier molecular flexibility index (Phi) is 2.86. The van der Waals surface area contributed by atoms with E-state index in [0.717, 1.165) is 18.6 Å². The SMILES string of the molecule is O=C=NC1(c2cc(F)c(F)cc2C=O)CCC1. The molecule has 1 saturated carbocycles. The monoisotopic (exact) mass is 237 g/mol. The molecular formula is C12H9F2NO2. The molecule has 88 valence electrons. The summed E-state index contributed by atoms with van der Waals surface area (Å²) in [5.74, 6) is -2.13. The van der Waals surface area contributed by atoms with Crippen molar-refractivity contribution in [2.24, 2.45) is 4.99 Å². The van der Waals surface area contributed by atoms with Crippen LogP contribution in [0, 0.1) is 11.6 Å². The quantitative estimate of drug-likeness (QED) is 0.460. The van der Waals surface area contributed by atoms with Crippen LogP contribution >= 0.6 is 0 Å². The van der Waals surface area contributed by atoms with E-state index in [-0.39, 0.29) is 11.1 Å². The first kappa shape index (κ1) is 11.6. The molecule has 0 bridgehead atoms. The molecule has 1 aliphatic carbocycles. The van der Waals surface area contributed by atoms with Crippen molar-refractivity contribution >= 4 is 12.4 Å². The summed E-state index contributed by atoms with van der Waals surface area (Å²) < 4.78 is 26.2. The lowest BCUT2D eigenvalue weighted by Crippen LogP contribution is -2.33. The number of isocyanates is 1. The van der Waals surface area contributed by atoms with Gasteiger partial charge in [0, 0.05) is 5.56 Å². The molecule has 17 heavy (non-hydrogen) atoms. The van der Waals surface area contributed by atoms with Gasteiger partial charge in [-0.2, -0.15) is 4.99 Å². The minimum Gasteiger partial charge on any atom is -0.298 e. The summed E-state index contributed by atoms with van der Waals surface area (Å²) in [6.07, 6.45) is 3.77. The van der Waals surface area contributed by atoms with Gasteiger partial charge >= 0.3 is 0 Å². The van der Waals surface area contributed by atoms with E-state index >= 15 is 0 Å². The molecular weight excluding hydrogens is 228 g/mol. The van der Waals surface area contributed by atoms with Crippen LogP contribution in [0.4, 0.5) is 8.78 Å². The van der Waals surface area contributed by atoms with Crippen LogP contribution in [0.3, 0.4) is 0 Å².